The summed E-state index contributed by atoms with van der Waals surface area (Å²) in [7, 11) is 0. The maximum Gasteiger partial charge on any atom is 0.135 e. The number of hydrogen-bond acceptors (Lipinski definition) is 4. The average Bonchev–Trinajstić information content (AvgIpc) is 2.49. The van der Waals surface area contributed by atoms with Crippen molar-refractivity contribution >= 4 is 0 Å². The summed E-state index contributed by atoms with van der Waals surface area (Å²) in [4.78, 5) is 18.2. The first-order valence-electron chi connectivity index (χ1n) is 8.52. The Morgan fingerprint density at radius 1 is 0.833 bits per heavy atom. The van der Waals surface area contributed by atoms with Crippen LogP contribution >= 0.6 is 0 Å². The minimum atomic E-state index is 0.510. The van der Waals surface area contributed by atoms with Gasteiger partial charge in [-0.3, -0.25) is 9.97 Å². The third-order valence-electron chi connectivity index (χ3n) is 3.49. The summed E-state index contributed by atoms with van der Waals surface area (Å²) in [6.07, 6.45) is 5.43. The lowest BCUT2D eigenvalue weighted by atomic mass is 10.0. The Bertz CT molecular complexity index is 767. The molecule has 2 aromatic heterocycles. The van der Waals surface area contributed by atoms with Gasteiger partial charge in [-0.2, -0.15) is 0 Å². The average molecular weight is 322 g/mol. The maximum atomic E-state index is 4.75. The molecule has 0 radical (unpaired) electrons. The van der Waals surface area contributed by atoms with E-state index in [1.54, 1.807) is 6.20 Å². The van der Waals surface area contributed by atoms with Crippen LogP contribution in [0.5, 0.6) is 0 Å². The molecule has 0 saturated carbocycles. The second kappa shape index (κ2) is 8.01. The van der Waals surface area contributed by atoms with Crippen LogP contribution < -0.4 is 0 Å². The van der Waals surface area contributed by atoms with E-state index in [1.807, 2.05) is 20.0 Å². The Balaban J connectivity index is 2.42. The molecular weight excluding hydrogens is 296 g/mol. The highest BCUT2D eigenvalue weighted by Crippen LogP contribution is 2.12. The molecule has 0 aliphatic carbocycles. The van der Waals surface area contributed by atoms with Crippen LogP contribution in [0, 0.1) is 37.5 Å². The monoisotopic (exact) mass is 322 g/mol. The number of hydrogen-bond donors (Lipinski definition) is 0. The van der Waals surface area contributed by atoms with Crippen LogP contribution in [0.4, 0.5) is 0 Å². The van der Waals surface area contributed by atoms with Crippen LogP contribution in [-0.4, -0.2) is 19.9 Å². The van der Waals surface area contributed by atoms with Crippen molar-refractivity contribution in [3.63, 3.8) is 0 Å². The molecule has 0 N–H and O–H groups in total. The molecule has 0 atom stereocenters. The Morgan fingerprint density at radius 2 is 1.50 bits per heavy atom. The molecule has 4 heteroatoms. The molecule has 0 aliphatic rings. The molecule has 2 aromatic rings. The van der Waals surface area contributed by atoms with E-state index in [1.165, 1.54) is 0 Å². The predicted octanol–water partition coefficient (Wildman–Crippen LogP) is 3.68. The van der Waals surface area contributed by atoms with Crippen molar-refractivity contribution in [3.05, 3.63) is 46.6 Å². The van der Waals surface area contributed by atoms with Crippen LogP contribution in [0.2, 0.25) is 0 Å². The zero-order chi connectivity index (χ0) is 17.7. The Hall–Kier alpha value is -2.28. The summed E-state index contributed by atoms with van der Waals surface area (Å²) < 4.78 is 0. The van der Waals surface area contributed by atoms with E-state index in [-0.39, 0.29) is 0 Å². The molecule has 2 heterocycles. The minimum absolute atomic E-state index is 0.510. The highest BCUT2D eigenvalue weighted by Gasteiger charge is 2.09. The molecule has 0 spiro atoms. The number of rotatable bonds is 4. The summed E-state index contributed by atoms with van der Waals surface area (Å²) >= 11 is 0. The summed E-state index contributed by atoms with van der Waals surface area (Å²) in [5, 5.41) is 0. The summed E-state index contributed by atoms with van der Waals surface area (Å²) in [6.45, 7) is 12.6. The largest absolute Gasteiger partial charge is 0.257 e. The first kappa shape index (κ1) is 18.1. The van der Waals surface area contributed by atoms with E-state index in [0.717, 1.165) is 41.3 Å². The molecule has 0 amide bonds. The molecule has 0 bridgehead atoms. The Morgan fingerprint density at radius 3 is 2.17 bits per heavy atom. The van der Waals surface area contributed by atoms with Gasteiger partial charge in [0, 0.05) is 12.4 Å². The molecular formula is C20H26N4. The first-order chi connectivity index (χ1) is 11.3. The van der Waals surface area contributed by atoms with Crippen molar-refractivity contribution in [1.82, 2.24) is 19.9 Å². The van der Waals surface area contributed by atoms with Gasteiger partial charge in [-0.15, -0.1) is 0 Å². The van der Waals surface area contributed by atoms with Crippen molar-refractivity contribution < 1.29 is 0 Å². The van der Waals surface area contributed by atoms with E-state index in [9.17, 15) is 0 Å². The van der Waals surface area contributed by atoms with Crippen LogP contribution in [0.25, 0.3) is 0 Å². The molecule has 0 aliphatic heterocycles. The van der Waals surface area contributed by atoms with Crippen molar-refractivity contribution in [1.29, 1.82) is 0 Å². The van der Waals surface area contributed by atoms with Gasteiger partial charge in [0.1, 0.15) is 11.4 Å². The third kappa shape index (κ3) is 5.13. The smallest absolute Gasteiger partial charge is 0.135 e. The van der Waals surface area contributed by atoms with Crippen LogP contribution in [0.1, 0.15) is 61.9 Å². The van der Waals surface area contributed by atoms with Gasteiger partial charge in [-0.1, -0.05) is 27.7 Å². The first-order valence-corrected chi connectivity index (χ1v) is 8.52. The molecule has 0 fully saturated rings. The minimum Gasteiger partial charge on any atom is -0.257 e. The molecule has 0 saturated heterocycles. The van der Waals surface area contributed by atoms with Gasteiger partial charge in [0.25, 0.3) is 0 Å². The second-order valence-corrected chi connectivity index (χ2v) is 7.05. The SMILES string of the molecule is Cc1cnc(C)c(C#Cc2nc(CC(C)C)cnc2CC(C)C)n1. The molecule has 24 heavy (non-hydrogen) atoms. The highest BCUT2D eigenvalue weighted by molar-refractivity contribution is 5.40. The topological polar surface area (TPSA) is 51.6 Å². The van der Waals surface area contributed by atoms with Gasteiger partial charge in [-0.25, -0.2) is 9.97 Å². The fourth-order valence-electron chi connectivity index (χ4n) is 2.38. The van der Waals surface area contributed by atoms with Gasteiger partial charge < -0.3 is 0 Å². The van der Waals surface area contributed by atoms with Crippen LogP contribution in [0.3, 0.4) is 0 Å². The zero-order valence-corrected chi connectivity index (χ0v) is 15.5. The fraction of sp³-hybridized carbons (Fsp3) is 0.500. The Labute approximate surface area is 145 Å². The lowest BCUT2D eigenvalue weighted by Gasteiger charge is -2.09. The highest BCUT2D eigenvalue weighted by atomic mass is 14.8. The quantitative estimate of drug-likeness (QED) is 0.806. The standard InChI is InChI=1S/C20H26N4/c1-13(2)9-17-12-22-20(10-14(3)4)19(24-17)8-7-18-16(6)21-11-15(5)23-18/h11-14H,9-10H2,1-6H3. The van der Waals surface area contributed by atoms with E-state index in [0.29, 0.717) is 17.5 Å². The van der Waals surface area contributed by atoms with Gasteiger partial charge >= 0.3 is 0 Å². The van der Waals surface area contributed by atoms with E-state index in [4.69, 9.17) is 4.98 Å². The van der Waals surface area contributed by atoms with Gasteiger partial charge in [0.2, 0.25) is 0 Å². The zero-order valence-electron chi connectivity index (χ0n) is 15.5. The summed E-state index contributed by atoms with van der Waals surface area (Å²) in [5.41, 5.74) is 5.14. The van der Waals surface area contributed by atoms with Crippen molar-refractivity contribution in [2.75, 3.05) is 0 Å². The number of aromatic nitrogens is 4. The van der Waals surface area contributed by atoms with Crippen LogP contribution in [0.15, 0.2) is 12.4 Å². The second-order valence-electron chi connectivity index (χ2n) is 7.05. The summed E-state index contributed by atoms with van der Waals surface area (Å²) in [6, 6.07) is 0. The lowest BCUT2D eigenvalue weighted by molar-refractivity contribution is 0.615. The molecule has 4 nitrogen and oxygen atoms in total. The number of nitrogens with zero attached hydrogens (tertiary/aromatic N) is 4. The summed E-state index contributed by atoms with van der Waals surface area (Å²) in [5.74, 6) is 7.38. The predicted molar refractivity (Wildman–Crippen MR) is 96.6 cm³/mol. The molecule has 0 aromatic carbocycles. The van der Waals surface area contributed by atoms with E-state index >= 15 is 0 Å². The maximum absolute atomic E-state index is 4.75. The van der Waals surface area contributed by atoms with E-state index < -0.39 is 0 Å². The lowest BCUT2D eigenvalue weighted by Crippen LogP contribution is -2.07. The van der Waals surface area contributed by atoms with Crippen molar-refractivity contribution in [2.45, 2.75) is 54.4 Å². The van der Waals surface area contributed by atoms with E-state index in [2.05, 4.69) is 54.5 Å². The third-order valence-corrected chi connectivity index (χ3v) is 3.49. The number of aryl methyl sites for hydroxylation is 2. The Kier molecular flexibility index (Phi) is 6.03. The molecule has 0 unspecified atom stereocenters. The normalized spacial score (nSPS) is 10.8. The van der Waals surface area contributed by atoms with Gasteiger partial charge in [0.15, 0.2) is 0 Å². The molecule has 2 rings (SSSR count). The van der Waals surface area contributed by atoms with Crippen molar-refractivity contribution in [2.24, 2.45) is 11.8 Å². The fourth-order valence-corrected chi connectivity index (χ4v) is 2.38. The van der Waals surface area contributed by atoms with Crippen molar-refractivity contribution in [3.8, 4) is 11.8 Å². The van der Waals surface area contributed by atoms with Gasteiger partial charge in [0.05, 0.1) is 22.8 Å². The molecule has 126 valence electrons. The van der Waals surface area contributed by atoms with Crippen LogP contribution in [-0.2, 0) is 12.8 Å². The van der Waals surface area contributed by atoms with Gasteiger partial charge in [-0.05, 0) is 50.4 Å².